The van der Waals surface area contributed by atoms with Gasteiger partial charge < -0.3 is 4.74 Å². The molecule has 0 bridgehead atoms. The van der Waals surface area contributed by atoms with Crippen LogP contribution in [0.2, 0.25) is 0 Å². The molecule has 1 saturated heterocycles. The summed E-state index contributed by atoms with van der Waals surface area (Å²) < 4.78 is 30.1. The van der Waals surface area contributed by atoms with Gasteiger partial charge >= 0.3 is 0 Å². The lowest BCUT2D eigenvalue weighted by Crippen LogP contribution is -2.32. The summed E-state index contributed by atoms with van der Waals surface area (Å²) in [7, 11) is -3.15. The van der Waals surface area contributed by atoms with Crippen LogP contribution in [-0.4, -0.2) is 33.9 Å². The fraction of sp³-hybridized carbons (Fsp3) is 1.00. The van der Waals surface area contributed by atoms with E-state index in [1.54, 1.807) is 0 Å². The minimum Gasteiger partial charge on any atom is -0.381 e. The van der Waals surface area contributed by atoms with Crippen LogP contribution in [0.3, 0.4) is 0 Å². The monoisotopic (exact) mass is 178 g/mol. The molecule has 0 aromatic carbocycles. The van der Waals surface area contributed by atoms with Gasteiger partial charge in [-0.3, -0.25) is 0 Å². The van der Waals surface area contributed by atoms with E-state index in [-0.39, 0.29) is 6.04 Å². The topological polar surface area (TPSA) is 57.5 Å². The number of ether oxygens (including phenoxy) is 1. The third-order valence-corrected chi connectivity index (χ3v) is 2.21. The van der Waals surface area contributed by atoms with E-state index in [0.29, 0.717) is 13.2 Å². The van der Waals surface area contributed by atoms with Gasteiger partial charge in [0.2, 0.25) is 10.0 Å². The second kappa shape index (κ2) is 3.51. The molecule has 0 N–H and O–H groups in total. The first-order valence-electron chi connectivity index (χ1n) is 3.58. The molecule has 1 rings (SSSR count). The highest BCUT2D eigenvalue weighted by Crippen LogP contribution is 2.08. The van der Waals surface area contributed by atoms with Crippen molar-refractivity contribution in [3.8, 4) is 0 Å². The van der Waals surface area contributed by atoms with Gasteiger partial charge in [-0.25, -0.2) is 8.42 Å². The Labute approximate surface area is 67.0 Å². The van der Waals surface area contributed by atoms with Crippen molar-refractivity contribution < 1.29 is 13.2 Å². The summed E-state index contributed by atoms with van der Waals surface area (Å²) in [6, 6.07) is -0.0428. The van der Waals surface area contributed by atoms with Crippen LogP contribution in [0.25, 0.3) is 0 Å². The summed E-state index contributed by atoms with van der Waals surface area (Å²) in [6.45, 7) is 1.26. The van der Waals surface area contributed by atoms with Crippen molar-refractivity contribution in [3.63, 3.8) is 0 Å². The van der Waals surface area contributed by atoms with Crippen LogP contribution in [0.5, 0.6) is 0 Å². The predicted molar refractivity (Wildman–Crippen MR) is 40.8 cm³/mol. The second-order valence-electron chi connectivity index (χ2n) is 2.68. The van der Waals surface area contributed by atoms with Crippen LogP contribution in [0.4, 0.5) is 0 Å². The van der Waals surface area contributed by atoms with Crippen molar-refractivity contribution in [2.45, 2.75) is 18.9 Å². The van der Waals surface area contributed by atoms with Crippen molar-refractivity contribution in [1.29, 1.82) is 0 Å². The maximum absolute atomic E-state index is 10.7. The van der Waals surface area contributed by atoms with Gasteiger partial charge in [-0.15, -0.1) is 4.72 Å². The molecule has 0 saturated carbocycles. The molecule has 1 aliphatic rings. The molecular formula is C6H12NO3S. The normalized spacial score (nSPS) is 21.9. The number of hydrogen-bond acceptors (Lipinski definition) is 3. The zero-order chi connectivity index (χ0) is 8.32. The average Bonchev–Trinajstić information content (AvgIpc) is 1.85. The molecule has 0 atom stereocenters. The first kappa shape index (κ1) is 8.96. The van der Waals surface area contributed by atoms with Crippen molar-refractivity contribution in [1.82, 2.24) is 4.72 Å². The van der Waals surface area contributed by atoms with Gasteiger partial charge in [-0.2, -0.15) is 0 Å². The molecule has 1 radical (unpaired) electrons. The number of nitrogens with zero attached hydrogens (tertiary/aromatic N) is 1. The Morgan fingerprint density at radius 2 is 1.91 bits per heavy atom. The molecule has 0 spiro atoms. The van der Waals surface area contributed by atoms with E-state index >= 15 is 0 Å². The number of hydrogen-bond donors (Lipinski definition) is 0. The van der Waals surface area contributed by atoms with Crippen molar-refractivity contribution in [3.05, 3.63) is 0 Å². The Bertz CT molecular complexity index is 206. The molecule has 1 fully saturated rings. The molecule has 0 aromatic heterocycles. The maximum atomic E-state index is 10.7. The summed E-state index contributed by atoms with van der Waals surface area (Å²) in [6.07, 6.45) is 2.59. The molecular weight excluding hydrogens is 166 g/mol. The highest BCUT2D eigenvalue weighted by molar-refractivity contribution is 7.88. The van der Waals surface area contributed by atoms with E-state index in [4.69, 9.17) is 4.74 Å². The van der Waals surface area contributed by atoms with Crippen LogP contribution < -0.4 is 4.72 Å². The predicted octanol–water partition coefficient (Wildman–Crippen LogP) is -0.271. The average molecular weight is 178 g/mol. The Morgan fingerprint density at radius 1 is 1.36 bits per heavy atom. The van der Waals surface area contributed by atoms with E-state index in [0.717, 1.165) is 19.1 Å². The SMILES string of the molecule is CS(=O)(=O)[N]C1CCOCC1. The van der Waals surface area contributed by atoms with Gasteiger partial charge in [-0.1, -0.05) is 0 Å². The zero-order valence-corrected chi connectivity index (χ0v) is 7.30. The lowest BCUT2D eigenvalue weighted by Gasteiger charge is -2.19. The van der Waals surface area contributed by atoms with Crippen LogP contribution in [0.1, 0.15) is 12.8 Å². The first-order valence-corrected chi connectivity index (χ1v) is 5.42. The summed E-state index contributed by atoms with van der Waals surface area (Å²) in [5, 5.41) is 0. The van der Waals surface area contributed by atoms with Gasteiger partial charge in [0, 0.05) is 19.3 Å². The summed E-state index contributed by atoms with van der Waals surface area (Å²) in [5.74, 6) is 0. The molecule has 65 valence electrons. The standard InChI is InChI=1S/C6H12NO3S/c1-11(8,9)7-6-2-4-10-5-3-6/h6H,2-5H2,1H3. The molecule has 11 heavy (non-hydrogen) atoms. The molecule has 0 aromatic rings. The Balaban J connectivity index is 2.36. The smallest absolute Gasteiger partial charge is 0.225 e. The minimum atomic E-state index is -3.15. The van der Waals surface area contributed by atoms with Crippen LogP contribution in [0.15, 0.2) is 0 Å². The second-order valence-corrected chi connectivity index (χ2v) is 4.36. The summed E-state index contributed by atoms with van der Waals surface area (Å²) in [4.78, 5) is 0. The van der Waals surface area contributed by atoms with Gasteiger partial charge in [0.25, 0.3) is 0 Å². The molecule has 0 aliphatic carbocycles. The largest absolute Gasteiger partial charge is 0.381 e. The number of sulfonamides is 1. The minimum absolute atomic E-state index is 0.0428. The fourth-order valence-corrected chi connectivity index (χ4v) is 1.81. The van der Waals surface area contributed by atoms with E-state index in [1.165, 1.54) is 0 Å². The molecule has 1 heterocycles. The van der Waals surface area contributed by atoms with Crippen LogP contribution >= 0.6 is 0 Å². The lowest BCUT2D eigenvalue weighted by molar-refractivity contribution is 0.0826. The highest BCUT2D eigenvalue weighted by atomic mass is 32.2. The Kier molecular flexibility index (Phi) is 2.86. The Hall–Kier alpha value is -0.130. The maximum Gasteiger partial charge on any atom is 0.225 e. The van der Waals surface area contributed by atoms with E-state index in [9.17, 15) is 8.42 Å². The third kappa shape index (κ3) is 3.69. The van der Waals surface area contributed by atoms with Crippen LogP contribution in [0, 0.1) is 0 Å². The van der Waals surface area contributed by atoms with Gasteiger partial charge in [0.1, 0.15) is 0 Å². The van der Waals surface area contributed by atoms with Crippen molar-refractivity contribution in [2.24, 2.45) is 0 Å². The molecule has 0 amide bonds. The summed E-state index contributed by atoms with van der Waals surface area (Å²) >= 11 is 0. The molecule has 4 nitrogen and oxygen atoms in total. The van der Waals surface area contributed by atoms with E-state index in [1.807, 2.05) is 0 Å². The van der Waals surface area contributed by atoms with Crippen molar-refractivity contribution >= 4 is 10.0 Å². The van der Waals surface area contributed by atoms with Gasteiger partial charge in [0.15, 0.2) is 0 Å². The number of rotatable bonds is 2. The first-order chi connectivity index (χ1) is 5.08. The highest BCUT2D eigenvalue weighted by Gasteiger charge is 2.18. The van der Waals surface area contributed by atoms with Gasteiger partial charge in [-0.05, 0) is 12.8 Å². The van der Waals surface area contributed by atoms with Crippen molar-refractivity contribution in [2.75, 3.05) is 19.5 Å². The zero-order valence-electron chi connectivity index (χ0n) is 6.49. The van der Waals surface area contributed by atoms with Gasteiger partial charge in [0.05, 0.1) is 6.26 Å². The molecule has 1 aliphatic heterocycles. The molecule has 5 heteroatoms. The summed E-state index contributed by atoms with van der Waals surface area (Å²) in [5.41, 5.74) is 0. The third-order valence-electron chi connectivity index (χ3n) is 1.53. The Morgan fingerprint density at radius 3 is 2.36 bits per heavy atom. The van der Waals surface area contributed by atoms with Crippen LogP contribution in [-0.2, 0) is 14.8 Å². The quantitative estimate of drug-likeness (QED) is 0.585. The lowest BCUT2D eigenvalue weighted by atomic mass is 10.1. The van der Waals surface area contributed by atoms with E-state index < -0.39 is 10.0 Å². The fourth-order valence-electron chi connectivity index (χ4n) is 1.06. The molecule has 0 unspecified atom stereocenters. The van der Waals surface area contributed by atoms with E-state index in [2.05, 4.69) is 4.72 Å².